The first kappa shape index (κ1) is 18.2. The lowest BCUT2D eigenvalue weighted by Crippen LogP contribution is -2.52. The summed E-state index contributed by atoms with van der Waals surface area (Å²) in [5.74, 6) is -0.0261. The lowest BCUT2D eigenvalue weighted by Gasteiger charge is -2.35. The van der Waals surface area contributed by atoms with Crippen LogP contribution in [0.2, 0.25) is 0 Å². The highest BCUT2D eigenvalue weighted by molar-refractivity contribution is 5.80. The Morgan fingerprint density at radius 1 is 1.24 bits per heavy atom. The average molecular weight is 357 g/mol. The molecule has 2 aliphatic heterocycles. The summed E-state index contributed by atoms with van der Waals surface area (Å²) in [7, 11) is 0. The minimum atomic E-state index is -4.35. The molecule has 2 aliphatic rings. The van der Waals surface area contributed by atoms with Crippen molar-refractivity contribution in [3.8, 4) is 0 Å². The fourth-order valence-electron chi connectivity index (χ4n) is 3.06. The van der Waals surface area contributed by atoms with Gasteiger partial charge >= 0.3 is 6.18 Å². The second-order valence-corrected chi connectivity index (χ2v) is 6.38. The number of ether oxygens (including phenoxy) is 1. The molecule has 2 fully saturated rings. The van der Waals surface area contributed by atoms with Gasteiger partial charge in [-0.1, -0.05) is 12.1 Å². The van der Waals surface area contributed by atoms with Crippen LogP contribution < -0.4 is 10.6 Å². The van der Waals surface area contributed by atoms with Gasteiger partial charge in [0.25, 0.3) is 0 Å². The van der Waals surface area contributed by atoms with Gasteiger partial charge in [0, 0.05) is 32.7 Å². The van der Waals surface area contributed by atoms with Gasteiger partial charge in [-0.3, -0.25) is 9.69 Å². The Morgan fingerprint density at radius 3 is 2.40 bits per heavy atom. The van der Waals surface area contributed by atoms with E-state index in [0.29, 0.717) is 45.9 Å². The summed E-state index contributed by atoms with van der Waals surface area (Å²) in [6.07, 6.45) is -4.35. The molecule has 138 valence electrons. The number of nitrogens with one attached hydrogen (secondary N) is 2. The summed E-state index contributed by atoms with van der Waals surface area (Å²) >= 11 is 0. The molecule has 0 saturated carbocycles. The van der Waals surface area contributed by atoms with E-state index in [1.54, 1.807) is 0 Å². The Labute approximate surface area is 144 Å². The maximum atomic E-state index is 12.8. The summed E-state index contributed by atoms with van der Waals surface area (Å²) in [5.41, 5.74) is 0.100. The maximum absolute atomic E-state index is 12.8. The predicted molar refractivity (Wildman–Crippen MR) is 85.9 cm³/mol. The fraction of sp³-hybridized carbons (Fsp3) is 0.588. The number of hydrogen-bond donors (Lipinski definition) is 2. The van der Waals surface area contributed by atoms with E-state index in [1.807, 2.05) is 0 Å². The molecule has 5 nitrogen and oxygen atoms in total. The first-order chi connectivity index (χ1) is 11.9. The molecule has 2 N–H and O–H groups in total. The molecule has 0 aromatic heterocycles. The molecule has 2 heterocycles. The van der Waals surface area contributed by atoms with Crippen molar-refractivity contribution in [3.63, 3.8) is 0 Å². The van der Waals surface area contributed by atoms with Crippen molar-refractivity contribution in [1.29, 1.82) is 0 Å². The zero-order valence-corrected chi connectivity index (χ0v) is 13.8. The smallest absolute Gasteiger partial charge is 0.379 e. The van der Waals surface area contributed by atoms with Crippen LogP contribution in [-0.4, -0.2) is 56.7 Å². The van der Waals surface area contributed by atoms with Gasteiger partial charge in [0.2, 0.25) is 5.91 Å². The summed E-state index contributed by atoms with van der Waals surface area (Å²) in [5, 5.41) is 5.99. The van der Waals surface area contributed by atoms with E-state index < -0.39 is 11.7 Å². The topological polar surface area (TPSA) is 53.6 Å². The van der Waals surface area contributed by atoms with Gasteiger partial charge in [-0.05, 0) is 17.7 Å². The Kier molecular flexibility index (Phi) is 5.61. The highest BCUT2D eigenvalue weighted by Crippen LogP contribution is 2.31. The van der Waals surface area contributed by atoms with Crippen molar-refractivity contribution in [2.75, 3.05) is 45.9 Å². The largest absolute Gasteiger partial charge is 0.416 e. The van der Waals surface area contributed by atoms with Crippen molar-refractivity contribution < 1.29 is 22.7 Å². The zero-order chi connectivity index (χ0) is 17.9. The highest BCUT2D eigenvalue weighted by Gasteiger charge is 2.31. The molecule has 0 bridgehead atoms. The second-order valence-electron chi connectivity index (χ2n) is 6.38. The molecule has 8 heteroatoms. The Morgan fingerprint density at radius 2 is 1.88 bits per heavy atom. The Bertz CT molecular complexity index is 582. The van der Waals surface area contributed by atoms with E-state index in [1.165, 1.54) is 12.1 Å². The van der Waals surface area contributed by atoms with Crippen LogP contribution in [-0.2, 0) is 15.7 Å². The minimum absolute atomic E-state index is 0.0103. The zero-order valence-electron chi connectivity index (χ0n) is 13.8. The first-order valence-corrected chi connectivity index (χ1v) is 8.42. The van der Waals surface area contributed by atoms with Crippen molar-refractivity contribution >= 4 is 5.91 Å². The number of carbonyl (C=O) groups excluding carboxylic acids is 1. The molecule has 2 saturated heterocycles. The number of carbonyl (C=O) groups is 1. The monoisotopic (exact) mass is 357 g/mol. The molecule has 0 aliphatic carbocycles. The molecule has 0 radical (unpaired) electrons. The Balaban J connectivity index is 1.71. The number of amides is 1. The Hall–Kier alpha value is -1.64. The van der Waals surface area contributed by atoms with Crippen LogP contribution in [0, 0.1) is 5.92 Å². The molecule has 1 amide bonds. The molecular weight excluding hydrogens is 335 g/mol. The standard InChI is InChI=1S/C17H22F3N3O2/c18-17(19,20)14-3-1-12(2-4-14)15(23-5-7-25-8-6-23)11-22-16(24)13-9-21-10-13/h1-4,13,15,21H,5-11H2,(H,22,24). The maximum Gasteiger partial charge on any atom is 0.416 e. The van der Waals surface area contributed by atoms with Crippen LogP contribution in [0.15, 0.2) is 24.3 Å². The van der Waals surface area contributed by atoms with E-state index in [-0.39, 0.29) is 17.9 Å². The SMILES string of the molecule is O=C(NCC(c1ccc(C(F)(F)F)cc1)N1CCOCC1)C1CNC1. The van der Waals surface area contributed by atoms with Gasteiger partial charge in [-0.2, -0.15) is 13.2 Å². The molecular formula is C17H22F3N3O2. The van der Waals surface area contributed by atoms with Crippen molar-refractivity contribution in [1.82, 2.24) is 15.5 Å². The van der Waals surface area contributed by atoms with Crippen LogP contribution in [0.4, 0.5) is 13.2 Å². The third kappa shape index (κ3) is 4.50. The van der Waals surface area contributed by atoms with Crippen molar-refractivity contribution in [3.05, 3.63) is 35.4 Å². The predicted octanol–water partition coefficient (Wildman–Crippen LogP) is 1.41. The average Bonchev–Trinajstić information content (AvgIpc) is 2.54. The van der Waals surface area contributed by atoms with E-state index in [0.717, 1.165) is 17.7 Å². The number of rotatable bonds is 5. The summed E-state index contributed by atoms with van der Waals surface area (Å²) in [6, 6.07) is 5.03. The molecule has 1 aromatic rings. The molecule has 3 rings (SSSR count). The summed E-state index contributed by atoms with van der Waals surface area (Å²) < 4.78 is 43.7. The summed E-state index contributed by atoms with van der Waals surface area (Å²) in [4.78, 5) is 14.2. The number of nitrogens with zero attached hydrogens (tertiary/aromatic N) is 1. The van der Waals surface area contributed by atoms with Gasteiger partial charge in [0.05, 0.1) is 30.7 Å². The number of benzene rings is 1. The highest BCUT2D eigenvalue weighted by atomic mass is 19.4. The number of alkyl halides is 3. The number of hydrogen-bond acceptors (Lipinski definition) is 4. The van der Waals surface area contributed by atoms with Crippen molar-refractivity contribution in [2.45, 2.75) is 12.2 Å². The van der Waals surface area contributed by atoms with Crippen LogP contribution in [0.25, 0.3) is 0 Å². The van der Waals surface area contributed by atoms with E-state index >= 15 is 0 Å². The van der Waals surface area contributed by atoms with Gasteiger partial charge in [-0.15, -0.1) is 0 Å². The fourth-order valence-corrected chi connectivity index (χ4v) is 3.06. The number of morpholine rings is 1. The summed E-state index contributed by atoms with van der Waals surface area (Å²) in [6.45, 7) is 4.26. The molecule has 1 aromatic carbocycles. The van der Waals surface area contributed by atoms with Crippen LogP contribution >= 0.6 is 0 Å². The quantitative estimate of drug-likeness (QED) is 0.837. The molecule has 1 atom stereocenters. The van der Waals surface area contributed by atoms with E-state index in [2.05, 4.69) is 15.5 Å². The lowest BCUT2D eigenvalue weighted by molar-refractivity contribution is -0.137. The van der Waals surface area contributed by atoms with Gasteiger partial charge < -0.3 is 15.4 Å². The van der Waals surface area contributed by atoms with Crippen molar-refractivity contribution in [2.24, 2.45) is 5.92 Å². The third-order valence-electron chi connectivity index (χ3n) is 4.73. The molecule has 1 unspecified atom stereocenters. The first-order valence-electron chi connectivity index (χ1n) is 8.42. The molecule has 25 heavy (non-hydrogen) atoms. The van der Waals surface area contributed by atoms with Gasteiger partial charge in [0.15, 0.2) is 0 Å². The van der Waals surface area contributed by atoms with Gasteiger partial charge in [-0.25, -0.2) is 0 Å². The third-order valence-corrected chi connectivity index (χ3v) is 4.73. The van der Waals surface area contributed by atoms with Crippen LogP contribution in [0.3, 0.4) is 0 Å². The lowest BCUT2D eigenvalue weighted by atomic mass is 10.0. The van der Waals surface area contributed by atoms with E-state index in [4.69, 9.17) is 4.74 Å². The molecule has 0 spiro atoms. The minimum Gasteiger partial charge on any atom is -0.379 e. The second kappa shape index (κ2) is 7.72. The van der Waals surface area contributed by atoms with Gasteiger partial charge in [0.1, 0.15) is 0 Å². The number of halogens is 3. The van der Waals surface area contributed by atoms with Crippen LogP contribution in [0.1, 0.15) is 17.2 Å². The van der Waals surface area contributed by atoms with E-state index in [9.17, 15) is 18.0 Å². The van der Waals surface area contributed by atoms with Crippen LogP contribution in [0.5, 0.6) is 0 Å². The normalized spacial score (nSPS) is 20.8.